The first-order valence-electron chi connectivity index (χ1n) is 4.98. The van der Waals surface area contributed by atoms with Crippen LogP contribution in [0.5, 0.6) is 0 Å². The quantitative estimate of drug-likeness (QED) is 0.323. The van der Waals surface area contributed by atoms with Gasteiger partial charge in [-0.3, -0.25) is 0 Å². The minimum absolute atomic E-state index is 0.0487. The van der Waals surface area contributed by atoms with Gasteiger partial charge in [0, 0.05) is 12.0 Å². The van der Waals surface area contributed by atoms with Gasteiger partial charge >= 0.3 is 24.0 Å². The van der Waals surface area contributed by atoms with Gasteiger partial charge < -0.3 is 4.74 Å². The van der Waals surface area contributed by atoms with E-state index in [1.807, 2.05) is 0 Å². The van der Waals surface area contributed by atoms with E-state index in [9.17, 15) is 35.5 Å². The van der Waals surface area contributed by atoms with Crippen molar-refractivity contribution in [1.29, 1.82) is 0 Å². The number of hydrogen-bond donors (Lipinski definition) is 0. The Kier molecular flexibility index (Phi) is 5.40. The number of esters is 1. The van der Waals surface area contributed by atoms with E-state index in [0.717, 1.165) is 0 Å². The molecule has 0 heterocycles. The largest absolute Gasteiger partial charge is 0.462 e. The molecule has 0 aliphatic rings. The monoisotopic (exact) mass is 296 g/mol. The molecule has 0 fully saturated rings. The summed E-state index contributed by atoms with van der Waals surface area (Å²) >= 11 is 0. The summed E-state index contributed by atoms with van der Waals surface area (Å²) in [4.78, 5) is 10.8. The van der Waals surface area contributed by atoms with Crippen LogP contribution in [0.2, 0.25) is 0 Å². The highest BCUT2D eigenvalue weighted by Crippen LogP contribution is 2.48. The minimum atomic E-state index is -6.34. The van der Waals surface area contributed by atoms with Crippen LogP contribution in [0.3, 0.4) is 0 Å². The number of hydrogen-bond acceptors (Lipinski definition) is 2. The Morgan fingerprint density at radius 3 is 1.95 bits per heavy atom. The summed E-state index contributed by atoms with van der Waals surface area (Å²) in [5, 5.41) is 0. The summed E-state index contributed by atoms with van der Waals surface area (Å²) < 4.78 is 89.9. The first-order valence-corrected chi connectivity index (χ1v) is 4.98. The van der Waals surface area contributed by atoms with Gasteiger partial charge in [0.25, 0.3) is 0 Å². The molecule has 0 aromatic heterocycles. The number of ether oxygens (including phenoxy) is 1. The Balaban J connectivity index is 4.40. The van der Waals surface area contributed by atoms with Crippen LogP contribution in [0.4, 0.5) is 30.7 Å². The Hall–Kier alpha value is -1.28. The molecule has 2 nitrogen and oxygen atoms in total. The second-order valence-electron chi connectivity index (χ2n) is 3.80. The molecule has 0 aromatic carbocycles. The number of carbonyl (C=O) groups excluding carboxylic acids is 1. The number of alkyl halides is 7. The lowest BCUT2D eigenvalue weighted by Crippen LogP contribution is -2.51. The van der Waals surface area contributed by atoms with Crippen molar-refractivity contribution in [3.8, 4) is 0 Å². The van der Waals surface area contributed by atoms with Crippen molar-refractivity contribution in [2.75, 3.05) is 6.61 Å². The zero-order chi connectivity index (χ0) is 15.5. The third-order valence-corrected chi connectivity index (χ3v) is 2.03. The highest BCUT2D eigenvalue weighted by molar-refractivity contribution is 5.86. The molecule has 0 spiro atoms. The second-order valence-corrected chi connectivity index (χ2v) is 3.80. The lowest BCUT2D eigenvalue weighted by Gasteiger charge is -2.28. The van der Waals surface area contributed by atoms with E-state index in [1.54, 1.807) is 0 Å². The molecule has 0 radical (unpaired) electrons. The maximum absolute atomic E-state index is 12.8. The zero-order valence-electron chi connectivity index (χ0n) is 9.79. The molecule has 0 aliphatic carbocycles. The third kappa shape index (κ3) is 4.39. The summed E-state index contributed by atoms with van der Waals surface area (Å²) in [6.07, 6.45) is -8.94. The lowest BCUT2D eigenvalue weighted by molar-refractivity contribution is -0.355. The molecule has 19 heavy (non-hydrogen) atoms. The molecule has 0 saturated carbocycles. The van der Waals surface area contributed by atoms with Crippen LogP contribution in [0.25, 0.3) is 0 Å². The average Bonchev–Trinajstić information content (AvgIpc) is 2.21. The maximum atomic E-state index is 12.8. The fourth-order valence-corrected chi connectivity index (χ4v) is 0.947. The molecule has 0 unspecified atom stereocenters. The van der Waals surface area contributed by atoms with Gasteiger partial charge in [-0.15, -0.1) is 0 Å². The fourth-order valence-electron chi connectivity index (χ4n) is 0.947. The maximum Gasteiger partial charge on any atom is 0.459 e. The Morgan fingerprint density at radius 1 is 1.11 bits per heavy atom. The van der Waals surface area contributed by atoms with E-state index in [-0.39, 0.29) is 5.57 Å². The van der Waals surface area contributed by atoms with Crippen molar-refractivity contribution in [3.05, 3.63) is 12.2 Å². The van der Waals surface area contributed by atoms with Crippen LogP contribution >= 0.6 is 0 Å². The van der Waals surface area contributed by atoms with E-state index < -0.39 is 43.4 Å². The van der Waals surface area contributed by atoms with Crippen molar-refractivity contribution in [2.24, 2.45) is 0 Å². The predicted molar refractivity (Wildman–Crippen MR) is 51.0 cm³/mol. The second kappa shape index (κ2) is 5.79. The molecule has 0 bridgehead atoms. The van der Waals surface area contributed by atoms with Crippen molar-refractivity contribution in [3.63, 3.8) is 0 Å². The number of carbonyl (C=O) groups is 1. The van der Waals surface area contributed by atoms with Crippen LogP contribution in [0.1, 0.15) is 19.8 Å². The van der Waals surface area contributed by atoms with Crippen molar-refractivity contribution < 1.29 is 40.3 Å². The summed E-state index contributed by atoms with van der Waals surface area (Å²) in [6, 6.07) is 0. The first kappa shape index (κ1) is 17.7. The summed E-state index contributed by atoms with van der Waals surface area (Å²) in [5.41, 5.74) is -0.0487. The van der Waals surface area contributed by atoms with Crippen LogP contribution in [0, 0.1) is 0 Å². The molecule has 0 saturated heterocycles. The topological polar surface area (TPSA) is 26.3 Å². The fraction of sp³-hybridized carbons (Fsp3) is 0.700. The van der Waals surface area contributed by atoms with Gasteiger partial charge in [-0.05, 0) is 13.3 Å². The summed E-state index contributed by atoms with van der Waals surface area (Å²) in [6.45, 7) is 3.72. The van der Waals surface area contributed by atoms with E-state index in [2.05, 4.69) is 11.3 Å². The van der Waals surface area contributed by atoms with Gasteiger partial charge in [-0.25, -0.2) is 4.79 Å². The SMILES string of the molecule is C=C(C)C(=O)OCCCC(F)(F)C(F)(F)C(F)(F)F. The zero-order valence-corrected chi connectivity index (χ0v) is 9.79. The first-order chi connectivity index (χ1) is 8.33. The van der Waals surface area contributed by atoms with Gasteiger partial charge in [-0.1, -0.05) is 6.58 Å². The minimum Gasteiger partial charge on any atom is -0.462 e. The van der Waals surface area contributed by atoms with E-state index in [0.29, 0.717) is 0 Å². The highest BCUT2D eigenvalue weighted by atomic mass is 19.4. The van der Waals surface area contributed by atoms with Crippen molar-refractivity contribution in [2.45, 2.75) is 37.8 Å². The average molecular weight is 296 g/mol. The van der Waals surface area contributed by atoms with E-state index in [4.69, 9.17) is 0 Å². The predicted octanol–water partition coefficient (Wildman–Crippen LogP) is 3.72. The number of halogens is 7. The summed E-state index contributed by atoms with van der Waals surface area (Å²) in [7, 11) is 0. The Labute approximate surface area is 104 Å². The Bertz CT molecular complexity index is 346. The summed E-state index contributed by atoms with van der Waals surface area (Å²) in [5.74, 6) is -12.3. The van der Waals surface area contributed by atoms with Crippen molar-refractivity contribution in [1.82, 2.24) is 0 Å². The standard InChI is InChI=1S/C10H11F7O2/c1-6(2)7(18)19-5-3-4-8(11,12)9(13,14)10(15,16)17/h1,3-5H2,2H3. The molecule has 0 atom stereocenters. The molecule has 0 aliphatic heterocycles. The van der Waals surface area contributed by atoms with E-state index >= 15 is 0 Å². The van der Waals surface area contributed by atoms with Crippen LogP contribution in [-0.4, -0.2) is 30.6 Å². The molecular weight excluding hydrogens is 285 g/mol. The molecule has 0 amide bonds. The van der Waals surface area contributed by atoms with Crippen LogP contribution < -0.4 is 0 Å². The smallest absolute Gasteiger partial charge is 0.459 e. The van der Waals surface area contributed by atoms with Crippen LogP contribution in [-0.2, 0) is 9.53 Å². The van der Waals surface area contributed by atoms with Gasteiger partial charge in [0.1, 0.15) is 0 Å². The normalized spacial score (nSPS) is 13.3. The van der Waals surface area contributed by atoms with Gasteiger partial charge in [-0.2, -0.15) is 30.7 Å². The van der Waals surface area contributed by atoms with Gasteiger partial charge in [0.05, 0.1) is 6.61 Å². The van der Waals surface area contributed by atoms with E-state index in [1.165, 1.54) is 6.92 Å². The Morgan fingerprint density at radius 2 is 1.58 bits per heavy atom. The molecule has 0 N–H and O–H groups in total. The lowest BCUT2D eigenvalue weighted by atomic mass is 10.1. The molecule has 112 valence electrons. The highest BCUT2D eigenvalue weighted by Gasteiger charge is 2.72. The van der Waals surface area contributed by atoms with Crippen LogP contribution in [0.15, 0.2) is 12.2 Å². The molecular formula is C10H11F7O2. The van der Waals surface area contributed by atoms with Gasteiger partial charge in [0.15, 0.2) is 0 Å². The third-order valence-electron chi connectivity index (χ3n) is 2.03. The molecule has 0 rings (SSSR count). The van der Waals surface area contributed by atoms with Gasteiger partial charge in [0.2, 0.25) is 0 Å². The van der Waals surface area contributed by atoms with Crippen molar-refractivity contribution >= 4 is 5.97 Å². The molecule has 0 aromatic rings. The number of rotatable bonds is 6. The molecule has 9 heteroatoms.